The zero-order valence-electron chi connectivity index (χ0n) is 18.6. The second-order valence-corrected chi connectivity index (χ2v) is 9.34. The second kappa shape index (κ2) is 9.46. The molecule has 8 heteroatoms. The van der Waals surface area contributed by atoms with E-state index in [-0.39, 0.29) is 5.91 Å². The van der Waals surface area contributed by atoms with Gasteiger partial charge >= 0.3 is 0 Å². The van der Waals surface area contributed by atoms with E-state index in [0.717, 1.165) is 46.5 Å². The number of nitrogens with zero attached hydrogens (tertiary/aromatic N) is 4. The SMILES string of the molecule is CCCCSc1nnc2c(n1)O[C@@H](c1cccc(Cl)c1)N(C(C)=O)c1c(C)cc(C)cc1-2. The number of carbonyl (C=O) groups is 1. The predicted octanol–water partition coefficient (Wildman–Crippen LogP) is 6.15. The van der Waals surface area contributed by atoms with E-state index in [1.807, 2.05) is 44.2 Å². The van der Waals surface area contributed by atoms with Crippen LogP contribution in [0.15, 0.2) is 41.6 Å². The van der Waals surface area contributed by atoms with Crippen LogP contribution in [0.25, 0.3) is 11.3 Å². The van der Waals surface area contributed by atoms with Gasteiger partial charge in [0.25, 0.3) is 0 Å². The van der Waals surface area contributed by atoms with Crippen molar-refractivity contribution in [3.63, 3.8) is 0 Å². The number of thioether (sulfide) groups is 1. The molecule has 0 saturated carbocycles. The van der Waals surface area contributed by atoms with Crippen LogP contribution in [-0.2, 0) is 4.79 Å². The van der Waals surface area contributed by atoms with Gasteiger partial charge in [0, 0.05) is 28.8 Å². The average Bonchev–Trinajstić information content (AvgIpc) is 2.88. The molecule has 3 aromatic rings. The lowest BCUT2D eigenvalue weighted by Gasteiger charge is -2.31. The first-order valence-electron chi connectivity index (χ1n) is 10.6. The molecule has 2 aromatic carbocycles. The molecule has 1 atom stereocenters. The molecule has 1 amide bonds. The van der Waals surface area contributed by atoms with Crippen LogP contribution in [0.5, 0.6) is 5.88 Å². The summed E-state index contributed by atoms with van der Waals surface area (Å²) in [5.74, 6) is 1.11. The van der Waals surface area contributed by atoms with Gasteiger partial charge in [-0.3, -0.25) is 9.69 Å². The summed E-state index contributed by atoms with van der Waals surface area (Å²) in [6.45, 7) is 7.68. The molecule has 166 valence electrons. The van der Waals surface area contributed by atoms with Gasteiger partial charge in [-0.2, -0.15) is 4.98 Å². The number of hydrogen-bond donors (Lipinski definition) is 0. The molecule has 0 spiro atoms. The maximum Gasteiger partial charge on any atom is 0.247 e. The number of hydrogen-bond acceptors (Lipinski definition) is 6. The highest BCUT2D eigenvalue weighted by Gasteiger charge is 2.36. The monoisotopic (exact) mass is 468 g/mol. The van der Waals surface area contributed by atoms with E-state index in [0.29, 0.717) is 21.8 Å². The Morgan fingerprint density at radius 3 is 2.75 bits per heavy atom. The van der Waals surface area contributed by atoms with E-state index < -0.39 is 6.23 Å². The zero-order chi connectivity index (χ0) is 22.8. The average molecular weight is 469 g/mol. The summed E-state index contributed by atoms with van der Waals surface area (Å²) in [5.41, 5.74) is 4.81. The fourth-order valence-corrected chi connectivity index (χ4v) is 4.91. The molecule has 0 N–H and O–H groups in total. The Bertz CT molecular complexity index is 1170. The van der Waals surface area contributed by atoms with Crippen LogP contribution in [0.3, 0.4) is 0 Å². The topological polar surface area (TPSA) is 68.2 Å². The van der Waals surface area contributed by atoms with Crippen LogP contribution in [0, 0.1) is 13.8 Å². The van der Waals surface area contributed by atoms with E-state index in [4.69, 9.17) is 21.3 Å². The number of amides is 1. The largest absolute Gasteiger partial charge is 0.447 e. The summed E-state index contributed by atoms with van der Waals surface area (Å²) < 4.78 is 6.42. The predicted molar refractivity (Wildman–Crippen MR) is 128 cm³/mol. The molecule has 2 heterocycles. The van der Waals surface area contributed by atoms with Crippen molar-refractivity contribution in [3.05, 3.63) is 58.1 Å². The lowest BCUT2D eigenvalue weighted by Crippen LogP contribution is -2.36. The van der Waals surface area contributed by atoms with E-state index in [9.17, 15) is 4.79 Å². The number of unbranched alkanes of at least 4 members (excludes halogenated alkanes) is 1. The molecule has 1 aromatic heterocycles. The van der Waals surface area contributed by atoms with Gasteiger partial charge in [-0.1, -0.05) is 60.5 Å². The molecule has 0 fully saturated rings. The normalized spacial score (nSPS) is 14.9. The Morgan fingerprint density at radius 1 is 1.22 bits per heavy atom. The number of rotatable bonds is 5. The molecule has 1 aliphatic heterocycles. The maximum atomic E-state index is 13.0. The van der Waals surface area contributed by atoms with Crippen molar-refractivity contribution < 1.29 is 9.53 Å². The third-order valence-electron chi connectivity index (χ3n) is 5.24. The van der Waals surface area contributed by atoms with Crippen LogP contribution in [0.1, 0.15) is 49.6 Å². The van der Waals surface area contributed by atoms with Crippen molar-refractivity contribution in [1.82, 2.24) is 15.2 Å². The van der Waals surface area contributed by atoms with Crippen molar-refractivity contribution in [2.24, 2.45) is 0 Å². The molecular formula is C24H25ClN4O2S. The Hall–Kier alpha value is -2.64. The molecule has 4 rings (SSSR count). The van der Waals surface area contributed by atoms with Crippen LogP contribution < -0.4 is 9.64 Å². The van der Waals surface area contributed by atoms with Gasteiger partial charge in [-0.05, 0) is 44.0 Å². The third-order valence-corrected chi connectivity index (χ3v) is 6.40. The van der Waals surface area contributed by atoms with Crippen LogP contribution >= 0.6 is 23.4 Å². The Balaban J connectivity index is 1.93. The standard InChI is InChI=1S/C24H25ClN4O2S/c1-5-6-10-32-24-26-22-20(27-28-24)19-12-14(2)11-15(3)21(19)29(16(4)30)23(31-22)17-8-7-9-18(25)13-17/h7-9,11-13,23H,5-6,10H2,1-4H3/t23-/m0/s1. The highest BCUT2D eigenvalue weighted by atomic mass is 35.5. The summed E-state index contributed by atoms with van der Waals surface area (Å²) in [4.78, 5) is 19.3. The van der Waals surface area contributed by atoms with Crippen molar-refractivity contribution >= 4 is 35.0 Å². The number of anilines is 1. The highest BCUT2D eigenvalue weighted by molar-refractivity contribution is 7.99. The van der Waals surface area contributed by atoms with Gasteiger partial charge in [0.2, 0.25) is 23.2 Å². The molecule has 1 aliphatic rings. The van der Waals surface area contributed by atoms with Gasteiger partial charge in [0.05, 0.1) is 5.69 Å². The highest BCUT2D eigenvalue weighted by Crippen LogP contribution is 2.45. The van der Waals surface area contributed by atoms with E-state index in [1.165, 1.54) is 6.92 Å². The fraction of sp³-hybridized carbons (Fsp3) is 0.333. The summed E-state index contributed by atoms with van der Waals surface area (Å²) in [5, 5.41) is 9.97. The third kappa shape index (κ3) is 4.45. The quantitative estimate of drug-likeness (QED) is 0.330. The molecule has 0 aliphatic carbocycles. The Kier molecular flexibility index (Phi) is 6.67. The van der Waals surface area contributed by atoms with E-state index in [2.05, 4.69) is 17.1 Å². The van der Waals surface area contributed by atoms with Crippen molar-refractivity contribution in [3.8, 4) is 17.1 Å². The van der Waals surface area contributed by atoms with E-state index >= 15 is 0 Å². The molecule has 0 unspecified atom stereocenters. The van der Waals surface area contributed by atoms with Gasteiger partial charge in [-0.25, -0.2) is 0 Å². The van der Waals surface area contributed by atoms with Gasteiger partial charge < -0.3 is 4.74 Å². The van der Waals surface area contributed by atoms with Gasteiger partial charge in [-0.15, -0.1) is 10.2 Å². The fourth-order valence-electron chi connectivity index (χ4n) is 3.85. The first-order valence-corrected chi connectivity index (χ1v) is 12.0. The van der Waals surface area contributed by atoms with Crippen LogP contribution in [0.4, 0.5) is 5.69 Å². The summed E-state index contributed by atoms with van der Waals surface area (Å²) in [7, 11) is 0. The molecule has 0 saturated heterocycles. The Labute approximate surface area is 197 Å². The lowest BCUT2D eigenvalue weighted by molar-refractivity contribution is -0.118. The number of carbonyl (C=O) groups excluding carboxylic acids is 1. The van der Waals surface area contributed by atoms with E-state index in [1.54, 1.807) is 22.7 Å². The zero-order valence-corrected chi connectivity index (χ0v) is 20.1. The minimum Gasteiger partial charge on any atom is -0.447 e. The number of benzene rings is 2. The smallest absolute Gasteiger partial charge is 0.247 e. The molecule has 6 nitrogen and oxygen atoms in total. The number of fused-ring (bicyclic) bond motifs is 3. The maximum absolute atomic E-state index is 13.0. The lowest BCUT2D eigenvalue weighted by atomic mass is 10.00. The summed E-state index contributed by atoms with van der Waals surface area (Å²) in [6.07, 6.45) is 1.42. The summed E-state index contributed by atoms with van der Waals surface area (Å²) >= 11 is 7.83. The minimum atomic E-state index is -0.738. The number of ether oxygens (including phenoxy) is 1. The van der Waals surface area contributed by atoms with Crippen molar-refractivity contribution in [2.75, 3.05) is 10.7 Å². The van der Waals surface area contributed by atoms with Crippen molar-refractivity contribution in [2.45, 2.75) is 51.9 Å². The number of aryl methyl sites for hydroxylation is 2. The molecular weight excluding hydrogens is 444 g/mol. The molecule has 32 heavy (non-hydrogen) atoms. The van der Waals surface area contributed by atoms with Gasteiger partial charge in [0.1, 0.15) is 0 Å². The molecule has 0 bridgehead atoms. The minimum absolute atomic E-state index is 0.151. The van der Waals surface area contributed by atoms with Gasteiger partial charge in [0.15, 0.2) is 5.69 Å². The second-order valence-electron chi connectivity index (χ2n) is 7.84. The number of halogens is 1. The Morgan fingerprint density at radius 2 is 2.03 bits per heavy atom. The summed E-state index contributed by atoms with van der Waals surface area (Å²) in [6, 6.07) is 11.4. The first kappa shape index (κ1) is 22.6. The number of aromatic nitrogens is 3. The molecule has 0 radical (unpaired) electrons. The first-order chi connectivity index (χ1) is 15.4. The van der Waals surface area contributed by atoms with Crippen LogP contribution in [-0.4, -0.2) is 26.8 Å². The van der Waals surface area contributed by atoms with Crippen LogP contribution in [0.2, 0.25) is 5.02 Å². The van der Waals surface area contributed by atoms with Crippen molar-refractivity contribution in [1.29, 1.82) is 0 Å².